The Bertz CT molecular complexity index is 656. The maximum absolute atomic E-state index is 2.46. The molecule has 0 heterocycles. The summed E-state index contributed by atoms with van der Waals surface area (Å²) >= 11 is 2.02. The Labute approximate surface area is 145 Å². The van der Waals surface area contributed by atoms with Crippen molar-refractivity contribution < 1.29 is 0 Å². The van der Waals surface area contributed by atoms with Gasteiger partial charge in [-0.05, 0) is 23.8 Å². The SMILES string of the molecule is CC(C)(C)SC1C=CC(P(c2ccccc2)c2ccccc2)=C1. The van der Waals surface area contributed by atoms with E-state index in [4.69, 9.17) is 0 Å². The fraction of sp³-hybridized carbons (Fsp3) is 0.238. The molecule has 0 aromatic heterocycles. The minimum Gasteiger partial charge on any atom is -0.144 e. The highest BCUT2D eigenvalue weighted by atomic mass is 32.2. The second-order valence-electron chi connectivity index (χ2n) is 6.65. The van der Waals surface area contributed by atoms with Gasteiger partial charge in [0, 0.05) is 10.00 Å². The Kier molecular flexibility index (Phi) is 5.09. The molecule has 0 saturated carbocycles. The summed E-state index contributed by atoms with van der Waals surface area (Å²) in [6, 6.07) is 21.8. The molecule has 0 N–H and O–H groups in total. The summed E-state index contributed by atoms with van der Waals surface area (Å²) in [6.45, 7) is 6.86. The Balaban J connectivity index is 1.95. The van der Waals surface area contributed by atoms with Crippen LogP contribution in [0.5, 0.6) is 0 Å². The molecule has 1 aliphatic carbocycles. The van der Waals surface area contributed by atoms with Crippen molar-refractivity contribution in [1.82, 2.24) is 0 Å². The predicted molar refractivity (Wildman–Crippen MR) is 107 cm³/mol. The van der Waals surface area contributed by atoms with E-state index in [1.54, 1.807) is 0 Å². The van der Waals surface area contributed by atoms with E-state index >= 15 is 0 Å². The molecule has 1 aliphatic rings. The molecule has 3 rings (SSSR count). The molecule has 0 fully saturated rings. The minimum absolute atomic E-state index is 0.281. The first-order valence-corrected chi connectivity index (χ1v) is 10.2. The molecule has 0 nitrogen and oxygen atoms in total. The van der Waals surface area contributed by atoms with Crippen LogP contribution in [0.4, 0.5) is 0 Å². The molecule has 23 heavy (non-hydrogen) atoms. The molecule has 0 bridgehead atoms. The molecule has 0 spiro atoms. The maximum Gasteiger partial charge on any atom is 0.0425 e. The smallest absolute Gasteiger partial charge is 0.0425 e. The normalized spacial score (nSPS) is 17.6. The first-order chi connectivity index (χ1) is 11.0. The highest BCUT2D eigenvalue weighted by molar-refractivity contribution is 8.01. The number of hydrogen-bond acceptors (Lipinski definition) is 1. The topological polar surface area (TPSA) is 0 Å². The van der Waals surface area contributed by atoms with Crippen LogP contribution >= 0.6 is 19.7 Å². The summed E-state index contributed by atoms with van der Waals surface area (Å²) in [6.07, 6.45) is 7.16. The van der Waals surface area contributed by atoms with Crippen LogP contribution < -0.4 is 10.6 Å². The van der Waals surface area contributed by atoms with Crippen molar-refractivity contribution in [2.45, 2.75) is 30.8 Å². The summed E-state index contributed by atoms with van der Waals surface area (Å²) in [7, 11) is -0.459. The minimum atomic E-state index is -0.459. The summed E-state index contributed by atoms with van der Waals surface area (Å²) in [5, 5.41) is 4.80. The quantitative estimate of drug-likeness (QED) is 0.666. The maximum atomic E-state index is 2.46. The number of allylic oxidation sites excluding steroid dienone is 2. The molecule has 118 valence electrons. The van der Waals surface area contributed by atoms with Gasteiger partial charge in [0.1, 0.15) is 0 Å². The van der Waals surface area contributed by atoms with E-state index in [0.717, 1.165) is 0 Å². The first-order valence-electron chi connectivity index (χ1n) is 8.01. The van der Waals surface area contributed by atoms with E-state index in [2.05, 4.69) is 99.7 Å². The van der Waals surface area contributed by atoms with Gasteiger partial charge < -0.3 is 0 Å². The van der Waals surface area contributed by atoms with Crippen LogP contribution in [0.3, 0.4) is 0 Å². The molecule has 1 unspecified atom stereocenters. The van der Waals surface area contributed by atoms with E-state index < -0.39 is 7.92 Å². The molecule has 0 saturated heterocycles. The zero-order valence-electron chi connectivity index (χ0n) is 13.9. The predicted octanol–water partition coefficient (Wildman–Crippen LogP) is 5.47. The summed E-state index contributed by atoms with van der Waals surface area (Å²) in [4.78, 5) is 0. The average molecular weight is 338 g/mol. The van der Waals surface area contributed by atoms with Gasteiger partial charge in [-0.1, -0.05) is 99.7 Å². The zero-order valence-corrected chi connectivity index (χ0v) is 15.6. The second kappa shape index (κ2) is 7.07. The second-order valence-corrected chi connectivity index (χ2v) is 10.9. The van der Waals surface area contributed by atoms with E-state index in [9.17, 15) is 0 Å². The first kappa shape index (κ1) is 16.6. The highest BCUT2D eigenvalue weighted by Crippen LogP contribution is 2.47. The Morgan fingerprint density at radius 2 is 1.35 bits per heavy atom. The van der Waals surface area contributed by atoms with Crippen LogP contribution in [0.15, 0.2) is 84.2 Å². The number of rotatable bonds is 4. The van der Waals surface area contributed by atoms with Crippen molar-refractivity contribution in [2.24, 2.45) is 0 Å². The zero-order chi connectivity index (χ0) is 16.3. The molecular formula is C21H23PS. The monoisotopic (exact) mass is 338 g/mol. The van der Waals surface area contributed by atoms with Crippen molar-refractivity contribution in [1.29, 1.82) is 0 Å². The van der Waals surface area contributed by atoms with Gasteiger partial charge in [-0.2, -0.15) is 0 Å². The van der Waals surface area contributed by atoms with Crippen molar-refractivity contribution in [3.05, 3.63) is 84.2 Å². The number of benzene rings is 2. The highest BCUT2D eigenvalue weighted by Gasteiger charge is 2.24. The number of thioether (sulfide) groups is 1. The Morgan fingerprint density at radius 3 is 1.83 bits per heavy atom. The van der Waals surface area contributed by atoms with Crippen molar-refractivity contribution in [3.8, 4) is 0 Å². The lowest BCUT2D eigenvalue weighted by molar-refractivity contribution is 0.802. The van der Waals surface area contributed by atoms with Crippen molar-refractivity contribution in [3.63, 3.8) is 0 Å². The van der Waals surface area contributed by atoms with E-state index in [1.807, 2.05) is 11.8 Å². The molecule has 2 aromatic rings. The van der Waals surface area contributed by atoms with Gasteiger partial charge in [0.25, 0.3) is 0 Å². The van der Waals surface area contributed by atoms with E-state index in [0.29, 0.717) is 5.25 Å². The van der Waals surface area contributed by atoms with Gasteiger partial charge in [0.2, 0.25) is 0 Å². The van der Waals surface area contributed by atoms with Crippen LogP contribution in [-0.2, 0) is 0 Å². The van der Waals surface area contributed by atoms with E-state index in [1.165, 1.54) is 15.9 Å². The lowest BCUT2D eigenvalue weighted by Gasteiger charge is -2.21. The molecule has 0 radical (unpaired) electrons. The summed E-state index contributed by atoms with van der Waals surface area (Å²) in [5.74, 6) is 0. The largest absolute Gasteiger partial charge is 0.144 e. The van der Waals surface area contributed by atoms with Gasteiger partial charge in [0.05, 0.1) is 0 Å². The van der Waals surface area contributed by atoms with Crippen LogP contribution in [0.25, 0.3) is 0 Å². The van der Waals surface area contributed by atoms with Gasteiger partial charge in [-0.3, -0.25) is 0 Å². The molecule has 2 aromatic carbocycles. The van der Waals surface area contributed by atoms with Gasteiger partial charge >= 0.3 is 0 Å². The average Bonchev–Trinajstić information content (AvgIpc) is 2.96. The summed E-state index contributed by atoms with van der Waals surface area (Å²) < 4.78 is 0.281. The fourth-order valence-corrected chi connectivity index (χ4v) is 6.37. The van der Waals surface area contributed by atoms with Gasteiger partial charge in [-0.15, -0.1) is 11.8 Å². The molecule has 1 atom stereocenters. The van der Waals surface area contributed by atoms with Crippen LogP contribution in [0.2, 0.25) is 0 Å². The third kappa shape index (κ3) is 4.37. The van der Waals surface area contributed by atoms with Crippen molar-refractivity contribution >= 4 is 30.3 Å². The standard InChI is InChI=1S/C21H23PS/c1-21(2,3)23-20-15-14-19(16-20)22(17-10-6-4-7-11-17)18-12-8-5-9-13-18/h4-16,20H,1-3H3. The summed E-state index contributed by atoms with van der Waals surface area (Å²) in [5.41, 5.74) is 0. The van der Waals surface area contributed by atoms with Crippen LogP contribution in [0, 0.1) is 0 Å². The molecule has 2 heteroatoms. The third-order valence-electron chi connectivity index (χ3n) is 3.57. The van der Waals surface area contributed by atoms with Gasteiger partial charge in [-0.25, -0.2) is 0 Å². The van der Waals surface area contributed by atoms with Crippen molar-refractivity contribution in [2.75, 3.05) is 0 Å². The van der Waals surface area contributed by atoms with E-state index in [-0.39, 0.29) is 4.75 Å². The van der Waals surface area contributed by atoms with Crippen LogP contribution in [0.1, 0.15) is 20.8 Å². The third-order valence-corrected chi connectivity index (χ3v) is 7.28. The molecule has 0 amide bonds. The number of hydrogen-bond donors (Lipinski definition) is 0. The fourth-order valence-electron chi connectivity index (χ4n) is 2.70. The Morgan fingerprint density at radius 1 is 0.826 bits per heavy atom. The molecule has 0 aliphatic heterocycles. The Hall–Kier alpha value is -1.30. The van der Waals surface area contributed by atoms with Crippen LogP contribution in [-0.4, -0.2) is 10.00 Å². The van der Waals surface area contributed by atoms with Gasteiger partial charge in [0.15, 0.2) is 0 Å². The lowest BCUT2D eigenvalue weighted by Crippen LogP contribution is -2.13. The lowest BCUT2D eigenvalue weighted by atomic mass is 10.3. The molecular weight excluding hydrogens is 315 g/mol.